The zero-order chi connectivity index (χ0) is 12.3. The third kappa shape index (κ3) is 3.38. The summed E-state index contributed by atoms with van der Waals surface area (Å²) < 4.78 is 18.9. The standard InChI is InChI=1S/C12H12BrFN2O/c1-8-4-11(16-17-8)7-15-6-9-5-10(14)2-3-12(9)13/h2-5,15H,6-7H2,1H3. The molecule has 0 saturated carbocycles. The number of hydrogen-bond acceptors (Lipinski definition) is 3. The average molecular weight is 299 g/mol. The van der Waals surface area contributed by atoms with Gasteiger partial charge in [0, 0.05) is 23.6 Å². The van der Waals surface area contributed by atoms with Gasteiger partial charge in [0.15, 0.2) is 0 Å². The van der Waals surface area contributed by atoms with Crippen molar-refractivity contribution >= 4 is 15.9 Å². The highest BCUT2D eigenvalue weighted by Gasteiger charge is 2.03. The van der Waals surface area contributed by atoms with Gasteiger partial charge < -0.3 is 9.84 Å². The lowest BCUT2D eigenvalue weighted by atomic mass is 10.2. The Balaban J connectivity index is 1.91. The quantitative estimate of drug-likeness (QED) is 0.942. The average Bonchev–Trinajstić information content (AvgIpc) is 2.69. The number of aryl methyl sites for hydroxylation is 1. The van der Waals surface area contributed by atoms with Crippen LogP contribution in [0.4, 0.5) is 4.39 Å². The first-order chi connectivity index (χ1) is 8.15. The molecular formula is C12H12BrFN2O. The summed E-state index contributed by atoms with van der Waals surface area (Å²) >= 11 is 3.38. The lowest BCUT2D eigenvalue weighted by molar-refractivity contribution is 0.388. The first kappa shape index (κ1) is 12.3. The summed E-state index contributed by atoms with van der Waals surface area (Å²) in [5.74, 6) is 0.552. The van der Waals surface area contributed by atoms with E-state index in [4.69, 9.17) is 4.52 Å². The Morgan fingerprint density at radius 2 is 2.18 bits per heavy atom. The van der Waals surface area contributed by atoms with Crippen LogP contribution in [0.25, 0.3) is 0 Å². The van der Waals surface area contributed by atoms with Gasteiger partial charge in [-0.25, -0.2) is 4.39 Å². The van der Waals surface area contributed by atoms with E-state index >= 15 is 0 Å². The largest absolute Gasteiger partial charge is 0.361 e. The minimum absolute atomic E-state index is 0.234. The zero-order valence-corrected chi connectivity index (χ0v) is 10.9. The van der Waals surface area contributed by atoms with E-state index in [2.05, 4.69) is 26.4 Å². The van der Waals surface area contributed by atoms with E-state index in [9.17, 15) is 4.39 Å². The smallest absolute Gasteiger partial charge is 0.133 e. The van der Waals surface area contributed by atoms with Gasteiger partial charge in [0.25, 0.3) is 0 Å². The predicted molar refractivity (Wildman–Crippen MR) is 65.9 cm³/mol. The SMILES string of the molecule is Cc1cc(CNCc2cc(F)ccc2Br)no1. The second-order valence-electron chi connectivity index (χ2n) is 3.77. The third-order valence-electron chi connectivity index (χ3n) is 2.31. The van der Waals surface area contributed by atoms with Crippen LogP contribution in [0.15, 0.2) is 33.3 Å². The van der Waals surface area contributed by atoms with Gasteiger partial charge in [0.05, 0.1) is 5.69 Å². The summed E-state index contributed by atoms with van der Waals surface area (Å²) in [4.78, 5) is 0. The van der Waals surface area contributed by atoms with Crippen molar-refractivity contribution in [2.75, 3.05) is 0 Å². The monoisotopic (exact) mass is 298 g/mol. The summed E-state index contributed by atoms with van der Waals surface area (Å²) in [5.41, 5.74) is 1.72. The lowest BCUT2D eigenvalue weighted by Crippen LogP contribution is -2.13. The van der Waals surface area contributed by atoms with Gasteiger partial charge in [-0.05, 0) is 30.7 Å². The molecule has 0 aliphatic rings. The molecule has 2 aromatic rings. The van der Waals surface area contributed by atoms with Gasteiger partial charge in [0.2, 0.25) is 0 Å². The maximum atomic E-state index is 13.0. The van der Waals surface area contributed by atoms with Crippen molar-refractivity contribution in [1.82, 2.24) is 10.5 Å². The molecule has 0 radical (unpaired) electrons. The van der Waals surface area contributed by atoms with E-state index < -0.39 is 0 Å². The molecule has 2 rings (SSSR count). The molecule has 1 N–H and O–H groups in total. The van der Waals surface area contributed by atoms with Crippen LogP contribution in [0.5, 0.6) is 0 Å². The molecule has 0 atom stereocenters. The van der Waals surface area contributed by atoms with E-state index in [1.54, 1.807) is 6.07 Å². The van der Waals surface area contributed by atoms with Crippen LogP contribution >= 0.6 is 15.9 Å². The molecule has 0 bridgehead atoms. The first-order valence-corrected chi connectivity index (χ1v) is 6.01. The Morgan fingerprint density at radius 1 is 1.35 bits per heavy atom. The number of nitrogens with zero attached hydrogens (tertiary/aromatic N) is 1. The molecule has 0 aliphatic heterocycles. The van der Waals surface area contributed by atoms with Crippen molar-refractivity contribution in [2.24, 2.45) is 0 Å². The summed E-state index contributed by atoms with van der Waals surface area (Å²) in [7, 11) is 0. The van der Waals surface area contributed by atoms with E-state index in [1.807, 2.05) is 13.0 Å². The molecule has 90 valence electrons. The molecule has 0 amide bonds. The Hall–Kier alpha value is -1.20. The summed E-state index contributed by atoms with van der Waals surface area (Å²) in [6.45, 7) is 3.02. The van der Waals surface area contributed by atoms with Crippen LogP contribution in [0.2, 0.25) is 0 Å². The van der Waals surface area contributed by atoms with Gasteiger partial charge in [-0.15, -0.1) is 0 Å². The lowest BCUT2D eigenvalue weighted by Gasteiger charge is -2.05. The Kier molecular flexibility index (Phi) is 3.91. The second-order valence-corrected chi connectivity index (χ2v) is 4.62. The number of nitrogens with one attached hydrogen (secondary N) is 1. The van der Waals surface area contributed by atoms with Gasteiger partial charge in [-0.2, -0.15) is 0 Å². The van der Waals surface area contributed by atoms with Crippen molar-refractivity contribution < 1.29 is 8.91 Å². The number of aromatic nitrogens is 1. The fourth-order valence-corrected chi connectivity index (χ4v) is 1.89. The van der Waals surface area contributed by atoms with Crippen molar-refractivity contribution in [3.8, 4) is 0 Å². The fourth-order valence-electron chi connectivity index (χ4n) is 1.51. The normalized spacial score (nSPS) is 10.8. The van der Waals surface area contributed by atoms with E-state index in [1.165, 1.54) is 12.1 Å². The molecule has 5 heteroatoms. The minimum Gasteiger partial charge on any atom is -0.361 e. The first-order valence-electron chi connectivity index (χ1n) is 5.22. The Morgan fingerprint density at radius 3 is 2.88 bits per heavy atom. The highest BCUT2D eigenvalue weighted by atomic mass is 79.9. The van der Waals surface area contributed by atoms with Crippen molar-refractivity contribution in [2.45, 2.75) is 20.0 Å². The summed E-state index contributed by atoms with van der Waals surface area (Å²) in [6, 6.07) is 6.50. The van der Waals surface area contributed by atoms with Gasteiger partial charge in [0.1, 0.15) is 11.6 Å². The summed E-state index contributed by atoms with van der Waals surface area (Å²) in [6.07, 6.45) is 0. The topological polar surface area (TPSA) is 38.1 Å². The van der Waals surface area contributed by atoms with Crippen LogP contribution in [0.3, 0.4) is 0 Å². The third-order valence-corrected chi connectivity index (χ3v) is 3.08. The highest BCUT2D eigenvalue weighted by Crippen LogP contribution is 2.17. The maximum Gasteiger partial charge on any atom is 0.133 e. The molecule has 0 aliphatic carbocycles. The molecule has 1 aromatic carbocycles. The van der Waals surface area contributed by atoms with Gasteiger partial charge in [-0.3, -0.25) is 0 Å². The molecule has 0 spiro atoms. The maximum absolute atomic E-state index is 13.0. The molecule has 0 saturated heterocycles. The minimum atomic E-state index is -0.234. The van der Waals surface area contributed by atoms with Crippen LogP contribution in [-0.4, -0.2) is 5.16 Å². The van der Waals surface area contributed by atoms with Gasteiger partial charge >= 0.3 is 0 Å². The number of halogens is 2. The van der Waals surface area contributed by atoms with Crippen molar-refractivity contribution in [1.29, 1.82) is 0 Å². The molecule has 0 fully saturated rings. The Bertz CT molecular complexity index is 513. The number of benzene rings is 1. The van der Waals surface area contributed by atoms with E-state index in [-0.39, 0.29) is 5.82 Å². The van der Waals surface area contributed by atoms with Crippen LogP contribution in [-0.2, 0) is 13.1 Å². The van der Waals surface area contributed by atoms with Gasteiger partial charge in [-0.1, -0.05) is 21.1 Å². The van der Waals surface area contributed by atoms with Crippen molar-refractivity contribution in [3.63, 3.8) is 0 Å². The summed E-state index contributed by atoms with van der Waals surface area (Å²) in [5, 5.41) is 7.04. The molecule has 3 nitrogen and oxygen atoms in total. The highest BCUT2D eigenvalue weighted by molar-refractivity contribution is 9.10. The molecular weight excluding hydrogens is 287 g/mol. The van der Waals surface area contributed by atoms with Crippen LogP contribution in [0, 0.1) is 12.7 Å². The Labute approximate surface area is 107 Å². The number of hydrogen-bond donors (Lipinski definition) is 1. The van der Waals surface area contributed by atoms with Crippen molar-refractivity contribution in [3.05, 3.63) is 51.6 Å². The molecule has 1 heterocycles. The second kappa shape index (κ2) is 5.42. The predicted octanol–water partition coefficient (Wildman–Crippen LogP) is 3.17. The fraction of sp³-hybridized carbons (Fsp3) is 0.250. The van der Waals surface area contributed by atoms with Crippen LogP contribution < -0.4 is 5.32 Å². The number of rotatable bonds is 4. The van der Waals surface area contributed by atoms with E-state index in [0.717, 1.165) is 21.5 Å². The van der Waals surface area contributed by atoms with Crippen LogP contribution in [0.1, 0.15) is 17.0 Å². The molecule has 0 unspecified atom stereocenters. The van der Waals surface area contributed by atoms with E-state index in [0.29, 0.717) is 13.1 Å². The molecule has 1 aromatic heterocycles. The molecule has 17 heavy (non-hydrogen) atoms. The zero-order valence-electron chi connectivity index (χ0n) is 9.34.